The highest BCUT2D eigenvalue weighted by atomic mass is 19.4. The third-order valence-corrected chi connectivity index (χ3v) is 9.26. The van der Waals surface area contributed by atoms with E-state index in [9.17, 15) is 13.2 Å². The third-order valence-electron chi connectivity index (χ3n) is 9.26. The van der Waals surface area contributed by atoms with Gasteiger partial charge in [-0.3, -0.25) is 9.88 Å². The molecule has 47 heavy (non-hydrogen) atoms. The second-order valence-corrected chi connectivity index (χ2v) is 12.5. The van der Waals surface area contributed by atoms with Gasteiger partial charge in [0.15, 0.2) is 0 Å². The van der Waals surface area contributed by atoms with Crippen LogP contribution in [0.3, 0.4) is 0 Å². The van der Waals surface area contributed by atoms with Crippen molar-refractivity contribution >= 4 is 5.69 Å². The van der Waals surface area contributed by atoms with E-state index in [0.29, 0.717) is 46.0 Å². The number of alkyl halides is 3. The normalized spacial score (nSPS) is 23.7. The Morgan fingerprint density at radius 1 is 0.723 bits per heavy atom. The van der Waals surface area contributed by atoms with Crippen LogP contribution in [-0.2, 0) is 40.2 Å². The van der Waals surface area contributed by atoms with Gasteiger partial charge in [0.2, 0.25) is 0 Å². The molecular formula is C38H42F3N3O3. The number of nitrogens with zero attached hydrogens (tertiary/aromatic N) is 3. The molecule has 2 aliphatic heterocycles. The maximum atomic E-state index is 13.8. The van der Waals surface area contributed by atoms with Crippen molar-refractivity contribution in [3.8, 4) is 0 Å². The zero-order chi connectivity index (χ0) is 32.6. The largest absolute Gasteiger partial charge is 0.418 e. The van der Waals surface area contributed by atoms with Crippen LogP contribution in [0.4, 0.5) is 18.9 Å². The number of hydrogen-bond acceptors (Lipinski definition) is 6. The Morgan fingerprint density at radius 2 is 1.28 bits per heavy atom. The first-order valence-corrected chi connectivity index (χ1v) is 16.3. The molecule has 248 valence electrons. The quantitative estimate of drug-likeness (QED) is 0.160. The highest BCUT2D eigenvalue weighted by molar-refractivity contribution is 5.54. The fourth-order valence-electron chi connectivity index (χ4n) is 6.74. The van der Waals surface area contributed by atoms with Crippen molar-refractivity contribution in [1.82, 2.24) is 9.88 Å². The summed E-state index contributed by atoms with van der Waals surface area (Å²) in [5.41, 5.74) is 2.73. The summed E-state index contributed by atoms with van der Waals surface area (Å²) in [7, 11) is 0. The van der Waals surface area contributed by atoms with Crippen LogP contribution < -0.4 is 4.90 Å². The molecule has 0 N–H and O–H groups in total. The number of halogens is 3. The Morgan fingerprint density at radius 3 is 1.85 bits per heavy atom. The van der Waals surface area contributed by atoms with Gasteiger partial charge in [0.25, 0.3) is 0 Å². The first-order valence-electron chi connectivity index (χ1n) is 16.3. The minimum Gasteiger partial charge on any atom is -0.369 e. The molecule has 9 heteroatoms. The zero-order valence-electron chi connectivity index (χ0n) is 26.6. The van der Waals surface area contributed by atoms with Crippen molar-refractivity contribution in [1.29, 1.82) is 0 Å². The smallest absolute Gasteiger partial charge is 0.369 e. The van der Waals surface area contributed by atoms with Gasteiger partial charge in [-0.2, -0.15) is 13.2 Å². The van der Waals surface area contributed by atoms with E-state index in [0.717, 1.165) is 29.2 Å². The van der Waals surface area contributed by atoms with Gasteiger partial charge in [-0.05, 0) is 42.0 Å². The van der Waals surface area contributed by atoms with Gasteiger partial charge in [0.1, 0.15) is 12.2 Å². The molecule has 6 nitrogen and oxygen atoms in total. The molecule has 2 fully saturated rings. The molecule has 0 aliphatic carbocycles. The molecule has 0 unspecified atom stereocenters. The van der Waals surface area contributed by atoms with Crippen molar-refractivity contribution < 1.29 is 27.4 Å². The van der Waals surface area contributed by atoms with Crippen molar-refractivity contribution in [3.63, 3.8) is 0 Å². The molecule has 1 aromatic heterocycles. The molecule has 2 saturated heterocycles. The molecular weight excluding hydrogens is 603 g/mol. The van der Waals surface area contributed by atoms with Gasteiger partial charge in [-0.25, -0.2) is 0 Å². The Labute approximate surface area is 275 Å². The Balaban J connectivity index is 1.22. The van der Waals surface area contributed by atoms with Gasteiger partial charge >= 0.3 is 6.18 Å². The monoisotopic (exact) mass is 645 g/mol. The minimum absolute atomic E-state index is 0.0192. The summed E-state index contributed by atoms with van der Waals surface area (Å²) in [6.07, 6.45) is -2.03. The van der Waals surface area contributed by atoms with Crippen molar-refractivity contribution in [3.05, 3.63) is 132 Å². The van der Waals surface area contributed by atoms with E-state index in [1.54, 1.807) is 0 Å². The number of pyridine rings is 1. The summed E-state index contributed by atoms with van der Waals surface area (Å²) in [6.45, 7) is 5.86. The second-order valence-electron chi connectivity index (χ2n) is 12.5. The minimum atomic E-state index is -4.43. The third kappa shape index (κ3) is 8.59. The van der Waals surface area contributed by atoms with Crippen LogP contribution in [0.5, 0.6) is 0 Å². The lowest BCUT2D eigenvalue weighted by molar-refractivity contribution is -0.201. The number of rotatable bonds is 12. The number of ether oxygens (including phenoxy) is 3. The molecule has 0 bridgehead atoms. The van der Waals surface area contributed by atoms with Gasteiger partial charge in [0, 0.05) is 38.4 Å². The first-order chi connectivity index (χ1) is 22.8. The highest BCUT2D eigenvalue weighted by Gasteiger charge is 2.45. The Bertz CT molecular complexity index is 1530. The summed E-state index contributed by atoms with van der Waals surface area (Å²) in [6, 6.07) is 31.3. The van der Waals surface area contributed by atoms with E-state index in [-0.39, 0.29) is 36.0 Å². The SMILES string of the molecule is C[C@@H]1[C@@H](OCc2ccccc2)[C@H](OCc2ccccc2)[C@@H](OCc2ccccc2)CN1C[C@H]1CCN(c2cnccc2C(F)(F)F)C1. The van der Waals surface area contributed by atoms with Gasteiger partial charge in [0.05, 0.1) is 43.4 Å². The number of piperidine rings is 1. The maximum Gasteiger partial charge on any atom is 0.418 e. The predicted octanol–water partition coefficient (Wildman–Crippen LogP) is 7.39. The lowest BCUT2D eigenvalue weighted by Crippen LogP contribution is -2.63. The highest BCUT2D eigenvalue weighted by Crippen LogP contribution is 2.38. The zero-order valence-corrected chi connectivity index (χ0v) is 26.6. The first kappa shape index (κ1) is 33.2. The molecule has 0 saturated carbocycles. The maximum absolute atomic E-state index is 13.8. The average Bonchev–Trinajstić information content (AvgIpc) is 3.56. The van der Waals surface area contributed by atoms with Gasteiger partial charge in [-0.1, -0.05) is 91.0 Å². The van der Waals surface area contributed by atoms with Crippen molar-refractivity contribution in [2.75, 3.05) is 31.1 Å². The van der Waals surface area contributed by atoms with Gasteiger partial charge < -0.3 is 19.1 Å². The standard InChI is InChI=1S/C38H42F3N3O3/c1-28-36(46-26-30-13-7-3-8-14-30)37(47-27-31-15-9-4-10-16-31)35(45-25-29-11-5-2-6-12-29)24-44(28)23-32-18-20-43(22-32)34-21-42-19-17-33(34)38(39,40)41/h2-17,19,21,28,32,35-37H,18,20,22-27H2,1H3/t28-,32+,35+,36-,37-/m1/s1. The molecule has 5 atom stereocenters. The lowest BCUT2D eigenvalue weighted by Gasteiger charge is -2.48. The molecule has 0 radical (unpaired) electrons. The summed E-state index contributed by atoms with van der Waals surface area (Å²) in [4.78, 5) is 8.23. The molecule has 0 spiro atoms. The Hall–Kier alpha value is -3.76. The van der Waals surface area contributed by atoms with E-state index in [1.807, 2.05) is 71.6 Å². The average molecular weight is 646 g/mol. The lowest BCUT2D eigenvalue weighted by atomic mass is 9.92. The molecule has 6 rings (SSSR count). The molecule has 3 heterocycles. The predicted molar refractivity (Wildman–Crippen MR) is 176 cm³/mol. The van der Waals surface area contributed by atoms with Crippen LogP contribution in [0, 0.1) is 5.92 Å². The van der Waals surface area contributed by atoms with Crippen LogP contribution in [0.15, 0.2) is 109 Å². The van der Waals surface area contributed by atoms with Gasteiger partial charge in [-0.15, -0.1) is 0 Å². The van der Waals surface area contributed by atoms with Crippen molar-refractivity contribution in [2.24, 2.45) is 5.92 Å². The summed E-state index contributed by atoms with van der Waals surface area (Å²) in [5.74, 6) is 0.171. The van der Waals surface area contributed by atoms with Crippen LogP contribution in [-0.4, -0.2) is 60.4 Å². The number of aromatic nitrogens is 1. The fraction of sp³-hybridized carbons (Fsp3) is 0.395. The van der Waals surface area contributed by atoms with Crippen LogP contribution in [0.1, 0.15) is 35.6 Å². The molecule has 4 aromatic rings. The van der Waals surface area contributed by atoms with E-state index >= 15 is 0 Å². The number of hydrogen-bond donors (Lipinski definition) is 0. The van der Waals surface area contributed by atoms with E-state index in [1.165, 1.54) is 12.4 Å². The van der Waals surface area contributed by atoms with Crippen molar-refractivity contribution in [2.45, 2.75) is 63.7 Å². The fourth-order valence-corrected chi connectivity index (χ4v) is 6.74. The molecule has 0 amide bonds. The van der Waals surface area contributed by atoms with E-state index < -0.39 is 11.7 Å². The van der Waals surface area contributed by atoms with E-state index in [2.05, 4.69) is 41.1 Å². The number of likely N-dealkylation sites (tertiary alicyclic amines) is 1. The topological polar surface area (TPSA) is 47.1 Å². The number of benzene rings is 3. The van der Waals surface area contributed by atoms with E-state index in [4.69, 9.17) is 14.2 Å². The van der Waals surface area contributed by atoms with Crippen LogP contribution in [0.2, 0.25) is 0 Å². The summed E-state index contributed by atoms with van der Waals surface area (Å²) >= 11 is 0. The number of anilines is 1. The summed E-state index contributed by atoms with van der Waals surface area (Å²) < 4.78 is 61.5. The van der Waals surface area contributed by atoms with Crippen LogP contribution >= 0.6 is 0 Å². The molecule has 3 aromatic carbocycles. The summed E-state index contributed by atoms with van der Waals surface area (Å²) in [5, 5.41) is 0. The van der Waals surface area contributed by atoms with Crippen LogP contribution in [0.25, 0.3) is 0 Å². The molecule has 2 aliphatic rings. The Kier molecular flexibility index (Phi) is 10.9. The second kappa shape index (κ2) is 15.4.